The van der Waals surface area contributed by atoms with Crippen LogP contribution in [0.4, 0.5) is 0 Å². The molecule has 2 aromatic rings. The number of rotatable bonds is 6. The van der Waals surface area contributed by atoms with E-state index in [1.54, 1.807) is 6.20 Å². The van der Waals surface area contributed by atoms with Gasteiger partial charge in [-0.2, -0.15) is 5.10 Å². The Hall–Kier alpha value is -2.67. The summed E-state index contributed by atoms with van der Waals surface area (Å²) < 4.78 is 0. The highest BCUT2D eigenvalue weighted by Crippen LogP contribution is 2.53. The number of hydrogen-bond acceptors (Lipinski definition) is 4. The molecule has 4 heterocycles. The van der Waals surface area contributed by atoms with Crippen molar-refractivity contribution in [1.29, 1.82) is 0 Å². The minimum Gasteiger partial charge on any atom is -0.477 e. The summed E-state index contributed by atoms with van der Waals surface area (Å²) in [5.41, 5.74) is 1.62. The summed E-state index contributed by atoms with van der Waals surface area (Å²) in [5.74, 6) is -0.690. The number of benzene rings is 1. The number of nitrogens with zero attached hydrogens (tertiary/aromatic N) is 3. The van der Waals surface area contributed by atoms with Crippen molar-refractivity contribution in [3.8, 4) is 0 Å². The molecular formula is C23H28N4O3. The number of fused-ring (bicyclic) bond motifs is 2. The molecule has 1 aromatic carbocycles. The summed E-state index contributed by atoms with van der Waals surface area (Å²) in [6, 6.07) is 10.8. The lowest BCUT2D eigenvalue weighted by molar-refractivity contribution is -0.143. The van der Waals surface area contributed by atoms with Gasteiger partial charge < -0.3 is 10.0 Å². The van der Waals surface area contributed by atoms with Crippen LogP contribution in [0.1, 0.15) is 53.7 Å². The second-order valence-electron chi connectivity index (χ2n) is 9.02. The summed E-state index contributed by atoms with van der Waals surface area (Å²) >= 11 is 0. The van der Waals surface area contributed by atoms with Gasteiger partial charge in [0.25, 0.3) is 0 Å². The molecule has 0 radical (unpaired) electrons. The first-order chi connectivity index (χ1) is 14.6. The van der Waals surface area contributed by atoms with Crippen molar-refractivity contribution in [3.63, 3.8) is 0 Å². The molecule has 3 aliphatic heterocycles. The van der Waals surface area contributed by atoms with Gasteiger partial charge in [-0.25, -0.2) is 4.79 Å². The number of likely N-dealkylation sites (tertiary alicyclic amines) is 1. The van der Waals surface area contributed by atoms with E-state index in [2.05, 4.69) is 32.1 Å². The number of aromatic nitrogens is 2. The third kappa shape index (κ3) is 3.12. The van der Waals surface area contributed by atoms with Crippen molar-refractivity contribution < 1.29 is 14.7 Å². The summed E-state index contributed by atoms with van der Waals surface area (Å²) in [6.45, 7) is 2.24. The normalized spacial score (nSPS) is 28.3. The van der Waals surface area contributed by atoms with E-state index in [-0.39, 0.29) is 11.7 Å². The van der Waals surface area contributed by atoms with Crippen LogP contribution in [0.5, 0.6) is 0 Å². The molecule has 0 spiro atoms. The number of carbonyl (C=O) groups excluding carboxylic acids is 1. The van der Waals surface area contributed by atoms with Crippen LogP contribution in [-0.2, 0) is 17.8 Å². The Labute approximate surface area is 176 Å². The monoisotopic (exact) mass is 408 g/mol. The lowest BCUT2D eigenvalue weighted by Crippen LogP contribution is -2.51. The lowest BCUT2D eigenvalue weighted by atomic mass is 9.69. The number of nitrogens with one attached hydrogen (secondary N) is 1. The molecule has 7 heteroatoms. The van der Waals surface area contributed by atoms with Crippen molar-refractivity contribution in [3.05, 3.63) is 53.3 Å². The maximum absolute atomic E-state index is 13.9. The molecule has 5 rings (SSSR count). The quantitative estimate of drug-likeness (QED) is 0.767. The third-order valence-corrected chi connectivity index (χ3v) is 7.35. The molecule has 3 atom stereocenters. The van der Waals surface area contributed by atoms with Gasteiger partial charge in [-0.05, 0) is 44.1 Å². The number of aromatic carboxylic acids is 1. The van der Waals surface area contributed by atoms with Crippen LogP contribution in [0, 0.1) is 5.41 Å². The molecule has 30 heavy (non-hydrogen) atoms. The molecule has 3 aliphatic rings. The zero-order chi connectivity index (χ0) is 20.7. The predicted octanol–water partition coefficient (Wildman–Crippen LogP) is 2.70. The number of carboxylic acid groups (broad SMARTS) is 1. The molecule has 1 aromatic heterocycles. The van der Waals surface area contributed by atoms with E-state index in [1.807, 2.05) is 18.2 Å². The standard InChI is InChI=1S/C23H28N4O3/c28-21(29)20-17(14-24-25-20)15-27-18-8-9-19(27)23(13-18,12-16-6-2-1-3-7-16)22(30)26-10-4-5-11-26/h1-3,6-7,14,18-19H,4-5,8-13,15H2,(H,24,25)(H,28,29)/t18-,19+,23+/m1/s1. The summed E-state index contributed by atoms with van der Waals surface area (Å²) in [7, 11) is 0. The second-order valence-corrected chi connectivity index (χ2v) is 9.02. The molecule has 158 valence electrons. The first-order valence-electron chi connectivity index (χ1n) is 10.9. The van der Waals surface area contributed by atoms with Gasteiger partial charge in [0, 0.05) is 37.3 Å². The van der Waals surface area contributed by atoms with Crippen LogP contribution in [-0.4, -0.2) is 62.2 Å². The predicted molar refractivity (Wildman–Crippen MR) is 111 cm³/mol. The Morgan fingerprint density at radius 2 is 1.93 bits per heavy atom. The van der Waals surface area contributed by atoms with Crippen LogP contribution in [0.2, 0.25) is 0 Å². The fraction of sp³-hybridized carbons (Fsp3) is 0.522. The molecule has 3 saturated heterocycles. The van der Waals surface area contributed by atoms with Gasteiger partial charge in [-0.1, -0.05) is 30.3 Å². The molecule has 2 N–H and O–H groups in total. The smallest absolute Gasteiger partial charge is 0.354 e. The van der Waals surface area contributed by atoms with Gasteiger partial charge in [-0.3, -0.25) is 14.8 Å². The average molecular weight is 409 g/mol. The van der Waals surface area contributed by atoms with Crippen LogP contribution >= 0.6 is 0 Å². The number of aromatic amines is 1. The third-order valence-electron chi connectivity index (χ3n) is 7.35. The topological polar surface area (TPSA) is 89.5 Å². The number of carbonyl (C=O) groups is 2. The molecular weight excluding hydrogens is 380 g/mol. The van der Waals surface area contributed by atoms with Gasteiger partial charge in [-0.15, -0.1) is 0 Å². The largest absolute Gasteiger partial charge is 0.477 e. The maximum Gasteiger partial charge on any atom is 0.354 e. The average Bonchev–Trinajstić information content (AvgIpc) is 3.54. The Bertz CT molecular complexity index is 937. The number of H-pyrrole nitrogens is 1. The molecule has 2 bridgehead atoms. The number of carboxylic acids is 1. The van der Waals surface area contributed by atoms with E-state index in [0.717, 1.165) is 51.6 Å². The Kier molecular flexibility index (Phi) is 4.85. The first kappa shape index (κ1) is 19.3. The minimum absolute atomic E-state index is 0.132. The van der Waals surface area contributed by atoms with Gasteiger partial charge in [0.05, 0.1) is 11.6 Å². The number of amides is 1. The van der Waals surface area contributed by atoms with Crippen LogP contribution < -0.4 is 0 Å². The van der Waals surface area contributed by atoms with Gasteiger partial charge in [0.15, 0.2) is 0 Å². The molecule has 3 fully saturated rings. The van der Waals surface area contributed by atoms with Crippen molar-refractivity contribution in [2.45, 2.75) is 57.2 Å². The molecule has 1 amide bonds. The highest BCUT2D eigenvalue weighted by molar-refractivity contribution is 5.87. The minimum atomic E-state index is -0.988. The first-order valence-corrected chi connectivity index (χ1v) is 10.9. The fourth-order valence-corrected chi connectivity index (χ4v) is 6.05. The Balaban J connectivity index is 1.47. The van der Waals surface area contributed by atoms with E-state index < -0.39 is 11.4 Å². The summed E-state index contributed by atoms with van der Waals surface area (Å²) in [4.78, 5) is 29.9. The molecule has 0 saturated carbocycles. The van der Waals surface area contributed by atoms with E-state index in [9.17, 15) is 14.7 Å². The van der Waals surface area contributed by atoms with Crippen LogP contribution in [0.3, 0.4) is 0 Å². The molecule has 0 aliphatic carbocycles. The van der Waals surface area contributed by atoms with Crippen molar-refractivity contribution in [2.24, 2.45) is 5.41 Å². The highest BCUT2D eigenvalue weighted by Gasteiger charge is 2.60. The second kappa shape index (κ2) is 7.54. The van der Waals surface area contributed by atoms with Gasteiger partial charge in [0.2, 0.25) is 5.91 Å². The van der Waals surface area contributed by atoms with Crippen molar-refractivity contribution in [2.75, 3.05) is 13.1 Å². The van der Waals surface area contributed by atoms with Crippen LogP contribution in [0.25, 0.3) is 0 Å². The van der Waals surface area contributed by atoms with Crippen molar-refractivity contribution >= 4 is 11.9 Å². The van der Waals surface area contributed by atoms with E-state index in [0.29, 0.717) is 24.1 Å². The fourth-order valence-electron chi connectivity index (χ4n) is 6.05. The zero-order valence-electron chi connectivity index (χ0n) is 17.1. The van der Waals surface area contributed by atoms with Crippen LogP contribution in [0.15, 0.2) is 36.5 Å². The molecule has 7 nitrogen and oxygen atoms in total. The van der Waals surface area contributed by atoms with Crippen molar-refractivity contribution in [1.82, 2.24) is 20.0 Å². The summed E-state index contributed by atoms with van der Waals surface area (Å²) in [6.07, 6.45) is 7.43. The zero-order valence-corrected chi connectivity index (χ0v) is 17.1. The van der Waals surface area contributed by atoms with E-state index in [1.165, 1.54) is 5.56 Å². The number of hydrogen-bond donors (Lipinski definition) is 2. The lowest BCUT2D eigenvalue weighted by Gasteiger charge is -2.39. The van der Waals surface area contributed by atoms with E-state index >= 15 is 0 Å². The Morgan fingerprint density at radius 3 is 2.67 bits per heavy atom. The highest BCUT2D eigenvalue weighted by atomic mass is 16.4. The SMILES string of the molecule is O=C(O)c1[nH]ncc1CN1[C@@H]2CC[C@H]1[C@@](Cc1ccccc1)(C(=O)N1CCCC1)C2. The maximum atomic E-state index is 13.9. The Morgan fingerprint density at radius 1 is 1.17 bits per heavy atom. The van der Waals surface area contributed by atoms with E-state index in [4.69, 9.17) is 0 Å². The van der Waals surface area contributed by atoms with Gasteiger partial charge in [0.1, 0.15) is 5.69 Å². The van der Waals surface area contributed by atoms with Gasteiger partial charge >= 0.3 is 5.97 Å². The molecule has 0 unspecified atom stereocenters. The summed E-state index contributed by atoms with van der Waals surface area (Å²) in [5, 5.41) is 16.0.